The first-order chi connectivity index (χ1) is 9.28. The topological polar surface area (TPSA) is 55.7 Å². The van der Waals surface area contributed by atoms with Gasteiger partial charge in [0.25, 0.3) is 0 Å². The maximum absolute atomic E-state index is 9.26. The van der Waals surface area contributed by atoms with E-state index < -0.39 is 6.10 Å². The van der Waals surface area contributed by atoms with Gasteiger partial charge in [0.2, 0.25) is 0 Å². The van der Waals surface area contributed by atoms with E-state index >= 15 is 0 Å². The lowest BCUT2D eigenvalue weighted by Crippen LogP contribution is -2.23. The van der Waals surface area contributed by atoms with Crippen molar-refractivity contribution in [2.75, 3.05) is 38.1 Å². The number of rotatable bonds is 7. The molecule has 1 aliphatic rings. The van der Waals surface area contributed by atoms with Gasteiger partial charge in [0.1, 0.15) is 0 Å². The molecule has 4 nitrogen and oxygen atoms in total. The van der Waals surface area contributed by atoms with Crippen LogP contribution in [-0.2, 0) is 6.42 Å². The van der Waals surface area contributed by atoms with Crippen LogP contribution in [0.4, 0.5) is 5.69 Å². The Morgan fingerprint density at radius 2 is 1.84 bits per heavy atom. The predicted octanol–water partition coefficient (Wildman–Crippen LogP) is 1.09. The quantitative estimate of drug-likeness (QED) is 0.690. The Morgan fingerprint density at radius 1 is 1.16 bits per heavy atom. The summed E-state index contributed by atoms with van der Waals surface area (Å²) in [4.78, 5) is 2.52. The van der Waals surface area contributed by atoms with E-state index in [0.29, 0.717) is 6.54 Å². The molecule has 2 rings (SSSR count). The fraction of sp³-hybridized carbons (Fsp3) is 0.600. The van der Waals surface area contributed by atoms with Crippen molar-refractivity contribution in [3.05, 3.63) is 29.8 Å². The number of nitrogens with zero attached hydrogens (tertiary/aromatic N) is 1. The number of likely N-dealkylation sites (tertiary alicyclic amines) is 1. The van der Waals surface area contributed by atoms with E-state index in [1.54, 1.807) is 0 Å². The van der Waals surface area contributed by atoms with Crippen molar-refractivity contribution in [3.8, 4) is 0 Å². The standard InChI is InChI=1S/C15H24N2O2/c18-12-15(19)11-16-14-5-3-13(4-6-14)7-10-17-8-1-2-9-17/h3-6,15-16,18-19H,1-2,7-12H2. The third-order valence-electron chi connectivity index (χ3n) is 3.62. The zero-order valence-electron chi connectivity index (χ0n) is 11.4. The van der Waals surface area contributed by atoms with Crippen LogP contribution in [-0.4, -0.2) is 54.0 Å². The maximum atomic E-state index is 9.26. The van der Waals surface area contributed by atoms with E-state index in [1.807, 2.05) is 12.1 Å². The normalized spacial score (nSPS) is 17.6. The molecule has 0 amide bonds. The molecule has 1 aliphatic heterocycles. The number of aliphatic hydroxyl groups excluding tert-OH is 2. The third kappa shape index (κ3) is 4.82. The summed E-state index contributed by atoms with van der Waals surface area (Å²) < 4.78 is 0. The molecule has 0 bridgehead atoms. The highest BCUT2D eigenvalue weighted by molar-refractivity contribution is 5.44. The molecule has 0 aliphatic carbocycles. The smallest absolute Gasteiger partial charge is 0.0942 e. The average Bonchev–Trinajstić information content (AvgIpc) is 2.97. The lowest BCUT2D eigenvalue weighted by Gasteiger charge is -2.14. The van der Waals surface area contributed by atoms with Crippen LogP contribution in [0.3, 0.4) is 0 Å². The molecule has 0 radical (unpaired) electrons. The highest BCUT2D eigenvalue weighted by Crippen LogP contribution is 2.12. The number of benzene rings is 1. The van der Waals surface area contributed by atoms with Gasteiger partial charge in [-0.1, -0.05) is 12.1 Å². The summed E-state index contributed by atoms with van der Waals surface area (Å²) in [6, 6.07) is 8.32. The molecule has 1 unspecified atom stereocenters. The molecule has 1 aromatic carbocycles. The summed E-state index contributed by atoms with van der Waals surface area (Å²) in [7, 11) is 0. The second kappa shape index (κ2) is 7.48. The van der Waals surface area contributed by atoms with E-state index in [4.69, 9.17) is 5.11 Å². The Labute approximate surface area is 115 Å². The first kappa shape index (κ1) is 14.3. The summed E-state index contributed by atoms with van der Waals surface area (Å²) in [5.74, 6) is 0. The maximum Gasteiger partial charge on any atom is 0.0942 e. The van der Waals surface area contributed by atoms with Gasteiger partial charge in [-0.2, -0.15) is 0 Å². The number of hydrogen-bond acceptors (Lipinski definition) is 4. The van der Waals surface area contributed by atoms with Crippen molar-refractivity contribution >= 4 is 5.69 Å². The van der Waals surface area contributed by atoms with Crippen LogP contribution < -0.4 is 5.32 Å². The second-order valence-corrected chi connectivity index (χ2v) is 5.21. The number of hydrogen-bond donors (Lipinski definition) is 3. The van der Waals surface area contributed by atoms with Crippen molar-refractivity contribution < 1.29 is 10.2 Å². The Morgan fingerprint density at radius 3 is 2.47 bits per heavy atom. The molecule has 0 aromatic heterocycles. The van der Waals surface area contributed by atoms with Gasteiger partial charge in [-0.25, -0.2) is 0 Å². The van der Waals surface area contributed by atoms with Gasteiger partial charge in [-0.3, -0.25) is 0 Å². The Balaban J connectivity index is 1.74. The summed E-state index contributed by atoms with van der Waals surface area (Å²) in [6.07, 6.45) is 3.08. The first-order valence-electron chi connectivity index (χ1n) is 7.12. The highest BCUT2D eigenvalue weighted by atomic mass is 16.3. The minimum absolute atomic E-state index is 0.207. The molecule has 0 spiro atoms. The van der Waals surface area contributed by atoms with Crippen LogP contribution in [0, 0.1) is 0 Å². The summed E-state index contributed by atoms with van der Waals surface area (Å²) in [5, 5.41) is 21.1. The summed E-state index contributed by atoms with van der Waals surface area (Å²) >= 11 is 0. The van der Waals surface area contributed by atoms with Crippen molar-refractivity contribution in [1.29, 1.82) is 0 Å². The monoisotopic (exact) mass is 264 g/mol. The molecule has 1 heterocycles. The van der Waals surface area contributed by atoms with Gasteiger partial charge in [0.15, 0.2) is 0 Å². The lowest BCUT2D eigenvalue weighted by atomic mass is 10.1. The number of aliphatic hydroxyl groups is 2. The number of anilines is 1. The largest absolute Gasteiger partial charge is 0.394 e. The Hall–Kier alpha value is -1.10. The Kier molecular flexibility index (Phi) is 5.63. The predicted molar refractivity (Wildman–Crippen MR) is 77.4 cm³/mol. The van der Waals surface area contributed by atoms with E-state index in [1.165, 1.54) is 31.5 Å². The molecule has 1 atom stereocenters. The van der Waals surface area contributed by atoms with Gasteiger partial charge in [0, 0.05) is 18.8 Å². The first-order valence-corrected chi connectivity index (χ1v) is 7.12. The van der Waals surface area contributed by atoms with Crippen LogP contribution >= 0.6 is 0 Å². The molecule has 106 valence electrons. The van der Waals surface area contributed by atoms with Crippen LogP contribution in [0.15, 0.2) is 24.3 Å². The van der Waals surface area contributed by atoms with Crippen LogP contribution in [0.5, 0.6) is 0 Å². The minimum atomic E-state index is -0.699. The fourth-order valence-electron chi connectivity index (χ4n) is 2.38. The highest BCUT2D eigenvalue weighted by Gasteiger charge is 2.10. The third-order valence-corrected chi connectivity index (χ3v) is 3.62. The molecule has 19 heavy (non-hydrogen) atoms. The number of nitrogens with one attached hydrogen (secondary N) is 1. The Bertz CT molecular complexity index is 361. The average molecular weight is 264 g/mol. The van der Waals surface area contributed by atoms with Crippen molar-refractivity contribution in [2.24, 2.45) is 0 Å². The van der Waals surface area contributed by atoms with Gasteiger partial charge in [0.05, 0.1) is 12.7 Å². The van der Waals surface area contributed by atoms with Gasteiger partial charge >= 0.3 is 0 Å². The fourth-order valence-corrected chi connectivity index (χ4v) is 2.38. The van der Waals surface area contributed by atoms with Crippen LogP contribution in [0.2, 0.25) is 0 Å². The molecule has 1 saturated heterocycles. The summed E-state index contributed by atoms with van der Waals surface area (Å²) in [5.41, 5.74) is 2.33. The molecule has 1 fully saturated rings. The van der Waals surface area contributed by atoms with Gasteiger partial charge in [-0.05, 0) is 50.0 Å². The van der Waals surface area contributed by atoms with Crippen LogP contribution in [0.1, 0.15) is 18.4 Å². The molecule has 4 heteroatoms. The van der Waals surface area contributed by atoms with E-state index in [9.17, 15) is 5.11 Å². The second-order valence-electron chi connectivity index (χ2n) is 5.21. The molecule has 0 saturated carbocycles. The van der Waals surface area contributed by atoms with Crippen molar-refractivity contribution in [1.82, 2.24) is 4.90 Å². The molecular formula is C15H24N2O2. The van der Waals surface area contributed by atoms with E-state index in [2.05, 4.69) is 22.3 Å². The van der Waals surface area contributed by atoms with Crippen LogP contribution in [0.25, 0.3) is 0 Å². The van der Waals surface area contributed by atoms with Crippen molar-refractivity contribution in [2.45, 2.75) is 25.4 Å². The van der Waals surface area contributed by atoms with Gasteiger partial charge < -0.3 is 20.4 Å². The lowest BCUT2D eigenvalue weighted by molar-refractivity contribution is 0.105. The zero-order chi connectivity index (χ0) is 13.5. The molecule has 3 N–H and O–H groups in total. The molecule has 1 aromatic rings. The van der Waals surface area contributed by atoms with E-state index in [-0.39, 0.29) is 6.61 Å². The van der Waals surface area contributed by atoms with Gasteiger partial charge in [-0.15, -0.1) is 0 Å². The SMILES string of the molecule is OCC(O)CNc1ccc(CCN2CCCC2)cc1. The molecular weight excluding hydrogens is 240 g/mol. The zero-order valence-corrected chi connectivity index (χ0v) is 11.4. The minimum Gasteiger partial charge on any atom is -0.394 e. The summed E-state index contributed by atoms with van der Waals surface area (Å²) in [6.45, 7) is 3.82. The van der Waals surface area contributed by atoms with Crippen molar-refractivity contribution in [3.63, 3.8) is 0 Å². The van der Waals surface area contributed by atoms with E-state index in [0.717, 1.165) is 18.7 Å².